The van der Waals surface area contributed by atoms with Crippen molar-refractivity contribution in [3.63, 3.8) is 0 Å². The first-order valence-corrected chi connectivity index (χ1v) is 8.04. The molecule has 0 radical (unpaired) electrons. The zero-order chi connectivity index (χ0) is 19.1. The number of non-ortho nitro benzene ring substituents is 1. The molecule has 2 aromatic rings. The van der Waals surface area contributed by atoms with Crippen molar-refractivity contribution in [2.24, 2.45) is 0 Å². The summed E-state index contributed by atoms with van der Waals surface area (Å²) in [6, 6.07) is 13.3. The van der Waals surface area contributed by atoms with Crippen LogP contribution >= 0.6 is 0 Å². The second-order valence-corrected chi connectivity index (χ2v) is 5.77. The Morgan fingerprint density at radius 2 is 2.00 bits per heavy atom. The fraction of sp³-hybridized carbons (Fsp3) is 0.263. The average Bonchev–Trinajstić information content (AvgIpc) is 2.63. The number of nitro groups is 1. The lowest BCUT2D eigenvalue weighted by atomic mass is 10.1. The van der Waals surface area contributed by atoms with Gasteiger partial charge in [0.1, 0.15) is 5.75 Å². The standard InChI is InChI=1S/C19H19N3O4/c1-14-7-8-16(11-15(14)2)21(10-4-9-20)19(23)13-26-18-6-3-5-17(12-18)22(24)25/h3,5-8,11-12H,4,10,13H2,1-2H3. The Bertz CT molecular complexity index is 858. The van der Waals surface area contributed by atoms with E-state index in [2.05, 4.69) is 0 Å². The summed E-state index contributed by atoms with van der Waals surface area (Å²) in [6.45, 7) is 3.90. The number of ether oxygens (including phenoxy) is 1. The van der Waals surface area contributed by atoms with Gasteiger partial charge in [0.2, 0.25) is 0 Å². The Labute approximate surface area is 151 Å². The summed E-state index contributed by atoms with van der Waals surface area (Å²) in [5, 5.41) is 19.7. The van der Waals surface area contributed by atoms with E-state index in [-0.39, 0.29) is 36.9 Å². The summed E-state index contributed by atoms with van der Waals surface area (Å²) in [5.74, 6) is -0.0807. The van der Waals surface area contributed by atoms with Gasteiger partial charge in [-0.05, 0) is 43.2 Å². The molecule has 0 heterocycles. The van der Waals surface area contributed by atoms with Gasteiger partial charge in [0.15, 0.2) is 6.61 Å². The van der Waals surface area contributed by atoms with Gasteiger partial charge >= 0.3 is 0 Å². The molecule has 0 aromatic heterocycles. The van der Waals surface area contributed by atoms with Crippen molar-refractivity contribution in [2.45, 2.75) is 20.3 Å². The molecule has 0 fully saturated rings. The Kier molecular flexibility index (Phi) is 6.28. The number of anilines is 1. The molecular weight excluding hydrogens is 334 g/mol. The van der Waals surface area contributed by atoms with Crippen LogP contribution in [0.25, 0.3) is 0 Å². The maximum absolute atomic E-state index is 12.6. The van der Waals surface area contributed by atoms with Crippen molar-refractivity contribution in [3.8, 4) is 11.8 Å². The largest absolute Gasteiger partial charge is 0.483 e. The molecule has 2 aromatic carbocycles. The molecule has 134 valence electrons. The van der Waals surface area contributed by atoms with E-state index in [1.807, 2.05) is 38.1 Å². The molecule has 7 nitrogen and oxygen atoms in total. The van der Waals surface area contributed by atoms with Crippen molar-refractivity contribution in [1.82, 2.24) is 0 Å². The van der Waals surface area contributed by atoms with Gasteiger partial charge in [-0.25, -0.2) is 0 Å². The molecule has 0 bridgehead atoms. The summed E-state index contributed by atoms with van der Waals surface area (Å²) in [7, 11) is 0. The normalized spacial score (nSPS) is 10.0. The van der Waals surface area contributed by atoms with Crippen LogP contribution in [-0.4, -0.2) is 24.0 Å². The van der Waals surface area contributed by atoms with Crippen molar-refractivity contribution in [3.05, 3.63) is 63.7 Å². The van der Waals surface area contributed by atoms with Gasteiger partial charge in [-0.1, -0.05) is 12.1 Å². The summed E-state index contributed by atoms with van der Waals surface area (Å²) >= 11 is 0. The van der Waals surface area contributed by atoms with E-state index >= 15 is 0 Å². The molecule has 0 unspecified atom stereocenters. The second kappa shape index (κ2) is 8.62. The van der Waals surface area contributed by atoms with Crippen LogP contribution in [0, 0.1) is 35.3 Å². The topological polar surface area (TPSA) is 96.5 Å². The van der Waals surface area contributed by atoms with Crippen molar-refractivity contribution in [2.75, 3.05) is 18.1 Å². The summed E-state index contributed by atoms with van der Waals surface area (Å²) < 4.78 is 5.42. The molecule has 0 aliphatic heterocycles. The van der Waals surface area contributed by atoms with Gasteiger partial charge in [-0.15, -0.1) is 0 Å². The van der Waals surface area contributed by atoms with Crippen LogP contribution in [0.1, 0.15) is 17.5 Å². The zero-order valence-electron chi connectivity index (χ0n) is 14.6. The third-order valence-electron chi connectivity index (χ3n) is 3.94. The van der Waals surface area contributed by atoms with Crippen LogP contribution in [0.3, 0.4) is 0 Å². The van der Waals surface area contributed by atoms with Crippen molar-refractivity contribution in [1.29, 1.82) is 5.26 Å². The maximum atomic E-state index is 12.6. The zero-order valence-corrected chi connectivity index (χ0v) is 14.6. The van der Waals surface area contributed by atoms with Crippen LogP contribution in [0.2, 0.25) is 0 Å². The minimum atomic E-state index is -0.525. The van der Waals surface area contributed by atoms with E-state index in [1.165, 1.54) is 23.1 Å². The third-order valence-corrected chi connectivity index (χ3v) is 3.94. The predicted molar refractivity (Wildman–Crippen MR) is 97.1 cm³/mol. The molecule has 0 saturated heterocycles. The van der Waals surface area contributed by atoms with Gasteiger partial charge < -0.3 is 9.64 Å². The number of benzene rings is 2. The number of nitro benzene ring substituents is 1. The number of aryl methyl sites for hydroxylation is 2. The first-order chi connectivity index (χ1) is 12.4. The molecule has 0 atom stereocenters. The monoisotopic (exact) mass is 353 g/mol. The molecule has 2 rings (SSSR count). The minimum Gasteiger partial charge on any atom is -0.483 e. The Balaban J connectivity index is 2.14. The highest BCUT2D eigenvalue weighted by Gasteiger charge is 2.17. The average molecular weight is 353 g/mol. The number of hydrogen-bond donors (Lipinski definition) is 0. The van der Waals surface area contributed by atoms with Crippen LogP contribution in [0.15, 0.2) is 42.5 Å². The fourth-order valence-electron chi connectivity index (χ4n) is 2.36. The number of carbonyl (C=O) groups excluding carboxylic acids is 1. The van der Waals surface area contributed by atoms with Gasteiger partial charge in [-0.2, -0.15) is 5.26 Å². The Morgan fingerprint density at radius 3 is 2.65 bits per heavy atom. The third kappa shape index (κ3) is 4.80. The Morgan fingerprint density at radius 1 is 1.23 bits per heavy atom. The van der Waals surface area contributed by atoms with E-state index in [0.29, 0.717) is 5.69 Å². The van der Waals surface area contributed by atoms with Crippen LogP contribution in [-0.2, 0) is 4.79 Å². The molecule has 26 heavy (non-hydrogen) atoms. The van der Waals surface area contributed by atoms with E-state index in [1.54, 1.807) is 6.07 Å². The lowest BCUT2D eigenvalue weighted by Crippen LogP contribution is -2.35. The summed E-state index contributed by atoms with van der Waals surface area (Å²) in [5.41, 5.74) is 2.73. The van der Waals surface area contributed by atoms with Crippen LogP contribution in [0.5, 0.6) is 5.75 Å². The molecular formula is C19H19N3O4. The van der Waals surface area contributed by atoms with E-state index in [9.17, 15) is 14.9 Å². The molecule has 0 aliphatic carbocycles. The van der Waals surface area contributed by atoms with Gasteiger partial charge in [0, 0.05) is 18.3 Å². The summed E-state index contributed by atoms with van der Waals surface area (Å²) in [6.07, 6.45) is 0.190. The number of carbonyl (C=O) groups is 1. The van der Waals surface area contributed by atoms with Gasteiger partial charge in [0.25, 0.3) is 11.6 Å². The quantitative estimate of drug-likeness (QED) is 0.560. The molecule has 0 N–H and O–H groups in total. The molecule has 0 saturated carbocycles. The number of amides is 1. The maximum Gasteiger partial charge on any atom is 0.273 e. The van der Waals surface area contributed by atoms with Gasteiger partial charge in [-0.3, -0.25) is 14.9 Å². The Hall–Kier alpha value is -3.40. The number of nitrogens with zero attached hydrogens (tertiary/aromatic N) is 3. The van der Waals surface area contributed by atoms with E-state index in [0.717, 1.165) is 11.1 Å². The lowest BCUT2D eigenvalue weighted by molar-refractivity contribution is -0.384. The lowest BCUT2D eigenvalue weighted by Gasteiger charge is -2.22. The van der Waals surface area contributed by atoms with Crippen LogP contribution in [0.4, 0.5) is 11.4 Å². The molecule has 0 spiro atoms. The highest BCUT2D eigenvalue weighted by atomic mass is 16.6. The first kappa shape index (κ1) is 18.9. The predicted octanol–water partition coefficient (Wildman–Crippen LogP) is 3.54. The SMILES string of the molecule is Cc1ccc(N(CCC#N)C(=O)COc2cccc([N+](=O)[O-])c2)cc1C. The van der Waals surface area contributed by atoms with Crippen molar-refractivity contribution >= 4 is 17.3 Å². The minimum absolute atomic E-state index is 0.106. The molecule has 0 aliphatic rings. The van der Waals surface area contributed by atoms with E-state index < -0.39 is 4.92 Å². The highest BCUT2D eigenvalue weighted by Crippen LogP contribution is 2.21. The fourth-order valence-corrected chi connectivity index (χ4v) is 2.36. The van der Waals surface area contributed by atoms with Crippen molar-refractivity contribution < 1.29 is 14.5 Å². The number of hydrogen-bond acceptors (Lipinski definition) is 5. The smallest absolute Gasteiger partial charge is 0.273 e. The summed E-state index contributed by atoms with van der Waals surface area (Å²) in [4.78, 5) is 24.4. The number of rotatable bonds is 7. The highest BCUT2D eigenvalue weighted by molar-refractivity contribution is 5.94. The second-order valence-electron chi connectivity index (χ2n) is 5.77. The molecule has 1 amide bonds. The van der Waals surface area contributed by atoms with Gasteiger partial charge in [0.05, 0.1) is 23.5 Å². The molecule has 7 heteroatoms. The number of nitriles is 1. The first-order valence-electron chi connectivity index (χ1n) is 8.04. The van der Waals surface area contributed by atoms with E-state index in [4.69, 9.17) is 10.00 Å². The van der Waals surface area contributed by atoms with Crippen LogP contribution < -0.4 is 9.64 Å².